The Balaban J connectivity index is 2.33. The molecule has 0 bridgehead atoms. The molecule has 0 unspecified atom stereocenters. The van der Waals surface area contributed by atoms with E-state index in [1.165, 1.54) is 12.1 Å². The van der Waals surface area contributed by atoms with Gasteiger partial charge in [0, 0.05) is 19.1 Å². The Hall–Kier alpha value is -2.07. The molecule has 5 heteroatoms. The van der Waals surface area contributed by atoms with Gasteiger partial charge >= 0.3 is 0 Å². The summed E-state index contributed by atoms with van der Waals surface area (Å²) in [5.41, 5.74) is 2.10. The lowest BCUT2D eigenvalue weighted by Gasteiger charge is -2.18. The van der Waals surface area contributed by atoms with Crippen LogP contribution in [0.1, 0.15) is 15.9 Å². The van der Waals surface area contributed by atoms with Gasteiger partial charge in [0.25, 0.3) is 5.91 Å². The Morgan fingerprint density at radius 3 is 2.52 bits per heavy atom. The van der Waals surface area contributed by atoms with Crippen LogP contribution < -0.4 is 10.2 Å². The lowest BCUT2D eigenvalue weighted by atomic mass is 10.1. The summed E-state index contributed by atoms with van der Waals surface area (Å²) in [5.74, 6) is -1.04. The van der Waals surface area contributed by atoms with Crippen molar-refractivity contribution in [3.8, 4) is 0 Å². The maximum atomic E-state index is 13.8. The second-order valence-corrected chi connectivity index (χ2v) is 5.43. The molecule has 0 aliphatic carbocycles. The Labute approximate surface area is 128 Å². The maximum Gasteiger partial charge on any atom is 0.258 e. The zero-order chi connectivity index (χ0) is 15.6. The number of carbonyl (C=O) groups is 1. The molecule has 2 aromatic rings. The monoisotopic (exact) mass is 306 g/mol. The highest BCUT2D eigenvalue weighted by Crippen LogP contribution is 2.28. The van der Waals surface area contributed by atoms with E-state index in [1.807, 2.05) is 19.0 Å². The molecule has 110 valence electrons. The number of benzene rings is 2. The number of hydrogen-bond acceptors (Lipinski definition) is 2. The SMILES string of the molecule is Cc1ccc(C(=O)Nc2cc(Cl)ccc2N(C)C)c(F)c1. The molecule has 2 rings (SSSR count). The fraction of sp³-hybridized carbons (Fsp3) is 0.188. The minimum atomic E-state index is -0.541. The van der Waals surface area contributed by atoms with E-state index < -0.39 is 11.7 Å². The largest absolute Gasteiger partial charge is 0.376 e. The average molecular weight is 307 g/mol. The first-order valence-corrected chi connectivity index (χ1v) is 6.80. The minimum absolute atomic E-state index is 0.00489. The van der Waals surface area contributed by atoms with Crippen molar-refractivity contribution in [3.63, 3.8) is 0 Å². The van der Waals surface area contributed by atoms with E-state index in [4.69, 9.17) is 11.6 Å². The summed E-state index contributed by atoms with van der Waals surface area (Å²) in [6, 6.07) is 9.67. The molecule has 0 aliphatic rings. The van der Waals surface area contributed by atoms with Gasteiger partial charge in [-0.2, -0.15) is 0 Å². The molecule has 2 aromatic carbocycles. The summed E-state index contributed by atoms with van der Waals surface area (Å²) in [4.78, 5) is 14.1. The van der Waals surface area contributed by atoms with Gasteiger partial charge in [0.15, 0.2) is 0 Å². The number of halogens is 2. The highest BCUT2D eigenvalue weighted by atomic mass is 35.5. The topological polar surface area (TPSA) is 32.3 Å². The summed E-state index contributed by atoms with van der Waals surface area (Å²) in [7, 11) is 3.71. The smallest absolute Gasteiger partial charge is 0.258 e. The number of amides is 1. The summed E-state index contributed by atoms with van der Waals surface area (Å²) < 4.78 is 13.8. The zero-order valence-electron chi connectivity index (χ0n) is 12.1. The minimum Gasteiger partial charge on any atom is -0.376 e. The van der Waals surface area contributed by atoms with E-state index in [-0.39, 0.29) is 5.56 Å². The number of hydrogen-bond donors (Lipinski definition) is 1. The molecular formula is C16H16ClFN2O. The van der Waals surface area contributed by atoms with Crippen LogP contribution in [-0.4, -0.2) is 20.0 Å². The summed E-state index contributed by atoms with van der Waals surface area (Å²) >= 11 is 5.96. The number of carbonyl (C=O) groups excluding carboxylic acids is 1. The summed E-state index contributed by atoms with van der Waals surface area (Å²) in [6.45, 7) is 1.77. The zero-order valence-corrected chi connectivity index (χ0v) is 12.8. The molecule has 1 N–H and O–H groups in total. The first-order valence-electron chi connectivity index (χ1n) is 6.43. The predicted octanol–water partition coefficient (Wildman–Crippen LogP) is 4.11. The first-order chi connectivity index (χ1) is 9.88. The molecule has 0 fully saturated rings. The Kier molecular flexibility index (Phi) is 4.48. The van der Waals surface area contributed by atoms with Crippen molar-refractivity contribution < 1.29 is 9.18 Å². The standard InChI is InChI=1S/C16H16ClFN2O/c1-10-4-6-12(13(18)8-10)16(21)19-14-9-11(17)5-7-15(14)20(2)3/h4-9H,1-3H3,(H,19,21). The van der Waals surface area contributed by atoms with Crippen LogP contribution >= 0.6 is 11.6 Å². The fourth-order valence-corrected chi connectivity index (χ4v) is 2.16. The molecule has 21 heavy (non-hydrogen) atoms. The third-order valence-electron chi connectivity index (χ3n) is 3.06. The quantitative estimate of drug-likeness (QED) is 0.925. The Morgan fingerprint density at radius 2 is 1.90 bits per heavy atom. The van der Waals surface area contributed by atoms with Crippen LogP contribution in [0.2, 0.25) is 5.02 Å². The van der Waals surface area contributed by atoms with E-state index in [0.717, 1.165) is 11.3 Å². The molecule has 0 spiro atoms. The first kappa shape index (κ1) is 15.3. The van der Waals surface area contributed by atoms with Crippen molar-refractivity contribution >= 4 is 28.9 Å². The molecular weight excluding hydrogens is 291 g/mol. The average Bonchev–Trinajstić information content (AvgIpc) is 2.37. The maximum absolute atomic E-state index is 13.8. The van der Waals surface area contributed by atoms with Crippen LogP contribution in [0.4, 0.5) is 15.8 Å². The molecule has 1 amide bonds. The third kappa shape index (κ3) is 3.52. The molecule has 0 atom stereocenters. The van der Waals surface area contributed by atoms with E-state index in [2.05, 4.69) is 5.32 Å². The lowest BCUT2D eigenvalue weighted by molar-refractivity contribution is 0.102. The van der Waals surface area contributed by atoms with Crippen LogP contribution in [0, 0.1) is 12.7 Å². The van der Waals surface area contributed by atoms with Crippen molar-refractivity contribution in [3.05, 3.63) is 58.4 Å². The van der Waals surface area contributed by atoms with Crippen molar-refractivity contribution in [1.29, 1.82) is 0 Å². The fourth-order valence-electron chi connectivity index (χ4n) is 1.99. The number of nitrogens with one attached hydrogen (secondary N) is 1. The van der Waals surface area contributed by atoms with Gasteiger partial charge in [-0.3, -0.25) is 4.79 Å². The van der Waals surface area contributed by atoms with Crippen molar-refractivity contribution in [2.75, 3.05) is 24.3 Å². The van der Waals surface area contributed by atoms with Gasteiger partial charge in [-0.05, 0) is 42.8 Å². The van der Waals surface area contributed by atoms with Crippen LogP contribution in [-0.2, 0) is 0 Å². The highest BCUT2D eigenvalue weighted by Gasteiger charge is 2.14. The van der Waals surface area contributed by atoms with Crippen molar-refractivity contribution in [2.24, 2.45) is 0 Å². The van der Waals surface area contributed by atoms with Gasteiger partial charge in [-0.1, -0.05) is 17.7 Å². The Morgan fingerprint density at radius 1 is 1.19 bits per heavy atom. The van der Waals surface area contributed by atoms with Gasteiger partial charge in [0.05, 0.1) is 16.9 Å². The number of rotatable bonds is 3. The van der Waals surface area contributed by atoms with E-state index in [9.17, 15) is 9.18 Å². The third-order valence-corrected chi connectivity index (χ3v) is 3.29. The normalized spacial score (nSPS) is 10.3. The van der Waals surface area contributed by atoms with Gasteiger partial charge < -0.3 is 10.2 Å². The van der Waals surface area contributed by atoms with Gasteiger partial charge in [-0.25, -0.2) is 4.39 Å². The number of aryl methyl sites for hydroxylation is 1. The van der Waals surface area contributed by atoms with Gasteiger partial charge in [0.1, 0.15) is 5.82 Å². The van der Waals surface area contributed by atoms with E-state index in [0.29, 0.717) is 10.7 Å². The van der Waals surface area contributed by atoms with Crippen LogP contribution in [0.3, 0.4) is 0 Å². The second-order valence-electron chi connectivity index (χ2n) is 4.99. The van der Waals surface area contributed by atoms with E-state index >= 15 is 0 Å². The summed E-state index contributed by atoms with van der Waals surface area (Å²) in [6.07, 6.45) is 0. The number of anilines is 2. The van der Waals surface area contributed by atoms with Gasteiger partial charge in [-0.15, -0.1) is 0 Å². The molecule has 0 radical (unpaired) electrons. The molecule has 3 nitrogen and oxygen atoms in total. The molecule has 0 saturated heterocycles. The predicted molar refractivity (Wildman–Crippen MR) is 84.9 cm³/mol. The summed E-state index contributed by atoms with van der Waals surface area (Å²) in [5, 5.41) is 3.20. The van der Waals surface area contributed by atoms with E-state index in [1.54, 1.807) is 31.2 Å². The van der Waals surface area contributed by atoms with Crippen molar-refractivity contribution in [2.45, 2.75) is 6.92 Å². The highest BCUT2D eigenvalue weighted by molar-refractivity contribution is 6.31. The second kappa shape index (κ2) is 6.14. The molecule has 0 aromatic heterocycles. The lowest BCUT2D eigenvalue weighted by Crippen LogP contribution is -2.17. The van der Waals surface area contributed by atoms with Crippen LogP contribution in [0.15, 0.2) is 36.4 Å². The Bertz CT molecular complexity index is 686. The molecule has 0 aliphatic heterocycles. The van der Waals surface area contributed by atoms with Crippen molar-refractivity contribution in [1.82, 2.24) is 0 Å². The van der Waals surface area contributed by atoms with Crippen LogP contribution in [0.5, 0.6) is 0 Å². The van der Waals surface area contributed by atoms with Gasteiger partial charge in [0.2, 0.25) is 0 Å². The van der Waals surface area contributed by atoms with Crippen LogP contribution in [0.25, 0.3) is 0 Å². The molecule has 0 saturated carbocycles. The number of nitrogens with zero attached hydrogens (tertiary/aromatic N) is 1. The molecule has 0 heterocycles.